The van der Waals surface area contributed by atoms with E-state index in [1.165, 1.54) is 13.2 Å². The third-order valence-corrected chi connectivity index (χ3v) is 4.78. The molecule has 7 nitrogen and oxygen atoms in total. The van der Waals surface area contributed by atoms with Crippen LogP contribution in [0.15, 0.2) is 54.7 Å². The van der Waals surface area contributed by atoms with Crippen LogP contribution in [0.1, 0.15) is 21.5 Å². The van der Waals surface area contributed by atoms with E-state index in [0.29, 0.717) is 11.6 Å². The van der Waals surface area contributed by atoms with Crippen LogP contribution in [0.3, 0.4) is 0 Å². The largest absolute Gasteiger partial charge is 0.419 e. The molecule has 0 saturated carbocycles. The van der Waals surface area contributed by atoms with Gasteiger partial charge in [-0.2, -0.15) is 18.3 Å². The summed E-state index contributed by atoms with van der Waals surface area (Å²) < 4.78 is 55.2. The van der Waals surface area contributed by atoms with Crippen LogP contribution in [0.4, 0.5) is 17.6 Å². The summed E-state index contributed by atoms with van der Waals surface area (Å²) in [6.45, 7) is 0. The Morgan fingerprint density at radius 2 is 1.76 bits per heavy atom. The first-order valence-corrected chi connectivity index (χ1v) is 9.57. The smallest absolute Gasteiger partial charge is 0.363 e. The Hall–Kier alpha value is -4.02. The molecule has 0 bridgehead atoms. The molecular weight excluding hydrogens is 444 g/mol. The van der Waals surface area contributed by atoms with Gasteiger partial charge < -0.3 is 11.1 Å². The molecule has 0 aliphatic heterocycles. The first kappa shape index (κ1) is 23.6. The van der Waals surface area contributed by atoms with Gasteiger partial charge in [0.2, 0.25) is 5.78 Å². The second-order valence-corrected chi connectivity index (χ2v) is 7.17. The normalized spacial score (nSPS) is 12.3. The van der Waals surface area contributed by atoms with Crippen LogP contribution in [0.2, 0.25) is 0 Å². The van der Waals surface area contributed by atoms with E-state index in [-0.39, 0.29) is 17.7 Å². The van der Waals surface area contributed by atoms with Crippen molar-refractivity contribution >= 4 is 17.6 Å². The number of hydrogen-bond acceptors (Lipinski definition) is 4. The highest BCUT2D eigenvalue weighted by Gasteiger charge is 2.36. The van der Waals surface area contributed by atoms with Gasteiger partial charge in [0.15, 0.2) is 0 Å². The van der Waals surface area contributed by atoms with E-state index in [0.717, 1.165) is 16.8 Å². The number of primary amides is 1. The molecule has 1 heterocycles. The lowest BCUT2D eigenvalue weighted by molar-refractivity contribution is -0.139. The molecule has 2 aromatic carbocycles. The second kappa shape index (κ2) is 9.23. The Labute approximate surface area is 185 Å². The van der Waals surface area contributed by atoms with Crippen LogP contribution in [0, 0.1) is 5.82 Å². The number of halogens is 4. The predicted octanol–water partition coefficient (Wildman–Crippen LogP) is 2.64. The zero-order valence-electron chi connectivity index (χ0n) is 17.2. The molecule has 3 rings (SSSR count). The molecule has 172 valence electrons. The fraction of sp³-hybridized carbons (Fsp3) is 0.182. The van der Waals surface area contributed by atoms with Crippen LogP contribution in [-0.4, -0.2) is 33.4 Å². The van der Waals surface area contributed by atoms with Crippen LogP contribution >= 0.6 is 0 Å². The standard InChI is InChI=1S/C22H18F4N4O3/c1-30-11-14(18(29-30)13-8-5-9-15(17(13)23)22(24,25)26)21(33)28-16(19(31)20(27)32)10-12-6-3-2-4-7-12/h2-9,11,16H,10H2,1H3,(H2,27,32)(H,28,33). The van der Waals surface area contributed by atoms with Gasteiger partial charge in [0.05, 0.1) is 11.1 Å². The number of aryl methyl sites for hydroxylation is 1. The van der Waals surface area contributed by atoms with Crippen molar-refractivity contribution < 1.29 is 31.9 Å². The SMILES string of the molecule is Cn1cc(C(=O)NC(Cc2ccccc2)C(=O)C(N)=O)c(-c2cccc(C(F)(F)F)c2F)n1. The van der Waals surface area contributed by atoms with Gasteiger partial charge in [0.25, 0.3) is 11.8 Å². The summed E-state index contributed by atoms with van der Waals surface area (Å²) in [6, 6.07) is 9.73. The van der Waals surface area contributed by atoms with Crippen LogP contribution < -0.4 is 11.1 Å². The van der Waals surface area contributed by atoms with Gasteiger partial charge in [-0.15, -0.1) is 0 Å². The molecule has 3 aromatic rings. The number of alkyl halides is 3. The number of carbonyl (C=O) groups is 3. The van der Waals surface area contributed by atoms with Gasteiger partial charge in [-0.05, 0) is 17.7 Å². The lowest BCUT2D eigenvalue weighted by Crippen LogP contribution is -2.47. The van der Waals surface area contributed by atoms with E-state index in [4.69, 9.17) is 5.73 Å². The van der Waals surface area contributed by atoms with Crippen molar-refractivity contribution in [2.75, 3.05) is 0 Å². The van der Waals surface area contributed by atoms with Crippen molar-refractivity contribution in [1.29, 1.82) is 0 Å². The van der Waals surface area contributed by atoms with Crippen molar-refractivity contribution in [1.82, 2.24) is 15.1 Å². The van der Waals surface area contributed by atoms with Crippen molar-refractivity contribution in [3.8, 4) is 11.3 Å². The van der Waals surface area contributed by atoms with Crippen molar-refractivity contribution in [3.63, 3.8) is 0 Å². The molecule has 0 fully saturated rings. The predicted molar refractivity (Wildman–Crippen MR) is 109 cm³/mol. The Kier molecular flexibility index (Phi) is 6.61. The summed E-state index contributed by atoms with van der Waals surface area (Å²) in [5.41, 5.74) is 3.01. The molecule has 0 aliphatic rings. The van der Waals surface area contributed by atoms with E-state index in [1.54, 1.807) is 30.3 Å². The minimum absolute atomic E-state index is 0.0676. The summed E-state index contributed by atoms with van der Waals surface area (Å²) in [7, 11) is 1.39. The molecule has 0 aliphatic carbocycles. The Morgan fingerprint density at radius 3 is 2.36 bits per heavy atom. The third-order valence-electron chi connectivity index (χ3n) is 4.78. The Balaban J connectivity index is 1.98. The number of nitrogens with one attached hydrogen (secondary N) is 1. The van der Waals surface area contributed by atoms with Gasteiger partial charge in [-0.3, -0.25) is 19.1 Å². The number of ketones is 1. The topological polar surface area (TPSA) is 107 Å². The zero-order chi connectivity index (χ0) is 24.3. The molecule has 0 radical (unpaired) electrons. The van der Waals surface area contributed by atoms with Gasteiger partial charge in [-0.1, -0.05) is 36.4 Å². The molecule has 1 aromatic heterocycles. The number of nitrogens with two attached hydrogens (primary N) is 1. The van der Waals surface area contributed by atoms with Crippen LogP contribution in [0.25, 0.3) is 11.3 Å². The number of hydrogen-bond donors (Lipinski definition) is 2. The summed E-state index contributed by atoms with van der Waals surface area (Å²) in [6.07, 6.45) is -3.85. The average Bonchev–Trinajstić information content (AvgIpc) is 3.14. The molecule has 0 saturated heterocycles. The first-order valence-electron chi connectivity index (χ1n) is 9.57. The van der Waals surface area contributed by atoms with E-state index in [9.17, 15) is 31.9 Å². The Bertz CT molecular complexity index is 1210. The molecular formula is C22H18F4N4O3. The number of rotatable bonds is 7. The van der Waals surface area contributed by atoms with Crippen molar-refractivity contribution in [3.05, 3.63) is 77.2 Å². The number of nitrogens with zero attached hydrogens (tertiary/aromatic N) is 2. The summed E-state index contributed by atoms with van der Waals surface area (Å²) in [4.78, 5) is 36.7. The molecule has 2 amide bonds. The number of aromatic nitrogens is 2. The first-order chi connectivity index (χ1) is 15.5. The highest BCUT2D eigenvalue weighted by molar-refractivity contribution is 6.38. The Morgan fingerprint density at radius 1 is 1.09 bits per heavy atom. The second-order valence-electron chi connectivity index (χ2n) is 7.17. The molecule has 33 heavy (non-hydrogen) atoms. The van der Waals surface area contributed by atoms with E-state index in [1.807, 2.05) is 0 Å². The van der Waals surface area contributed by atoms with Crippen molar-refractivity contribution in [2.45, 2.75) is 18.6 Å². The highest BCUT2D eigenvalue weighted by atomic mass is 19.4. The fourth-order valence-electron chi connectivity index (χ4n) is 3.25. The van der Waals surface area contributed by atoms with Gasteiger partial charge in [-0.25, -0.2) is 4.39 Å². The lowest BCUT2D eigenvalue weighted by Gasteiger charge is -2.16. The highest BCUT2D eigenvalue weighted by Crippen LogP contribution is 2.36. The monoisotopic (exact) mass is 462 g/mol. The van der Waals surface area contributed by atoms with Gasteiger partial charge in [0.1, 0.15) is 17.6 Å². The quantitative estimate of drug-likeness (QED) is 0.416. The molecule has 1 atom stereocenters. The minimum Gasteiger partial charge on any atom is -0.363 e. The molecule has 11 heteroatoms. The zero-order valence-corrected chi connectivity index (χ0v) is 17.2. The van der Waals surface area contributed by atoms with E-state index >= 15 is 0 Å². The lowest BCUT2D eigenvalue weighted by atomic mass is 10.0. The van der Waals surface area contributed by atoms with Crippen molar-refractivity contribution in [2.24, 2.45) is 12.8 Å². The number of benzene rings is 2. The molecule has 1 unspecified atom stereocenters. The maximum atomic E-state index is 14.7. The number of carbonyl (C=O) groups excluding carboxylic acids is 3. The number of amides is 2. The maximum Gasteiger partial charge on any atom is 0.419 e. The van der Waals surface area contributed by atoms with E-state index in [2.05, 4.69) is 10.4 Å². The molecule has 0 spiro atoms. The summed E-state index contributed by atoms with van der Waals surface area (Å²) in [5.74, 6) is -4.87. The maximum absolute atomic E-state index is 14.7. The van der Waals surface area contributed by atoms with Crippen LogP contribution in [-0.2, 0) is 29.2 Å². The third kappa shape index (κ3) is 5.25. The summed E-state index contributed by atoms with van der Waals surface area (Å²) in [5, 5.41) is 6.29. The summed E-state index contributed by atoms with van der Waals surface area (Å²) >= 11 is 0. The van der Waals surface area contributed by atoms with Crippen LogP contribution in [0.5, 0.6) is 0 Å². The number of Topliss-reactive ketones (excluding diaryl/α,β-unsaturated/α-hetero) is 1. The van der Waals surface area contributed by atoms with E-state index < -0.39 is 46.8 Å². The fourth-order valence-corrected chi connectivity index (χ4v) is 3.25. The minimum atomic E-state index is -4.95. The van der Waals surface area contributed by atoms with Gasteiger partial charge in [0, 0.05) is 25.2 Å². The van der Waals surface area contributed by atoms with Gasteiger partial charge >= 0.3 is 6.18 Å². The average molecular weight is 462 g/mol. The molecule has 3 N–H and O–H groups in total.